The highest BCUT2D eigenvalue weighted by Gasteiger charge is 2.33. The fourth-order valence-corrected chi connectivity index (χ4v) is 3.56. The highest BCUT2D eigenvalue weighted by Crippen LogP contribution is 2.37. The normalized spacial score (nSPS) is 32.4. The first kappa shape index (κ1) is 13.6. The molecule has 1 saturated heterocycles. The Morgan fingerprint density at radius 2 is 1.94 bits per heavy atom. The van der Waals surface area contributed by atoms with Crippen LogP contribution < -0.4 is 0 Å². The van der Waals surface area contributed by atoms with Crippen molar-refractivity contribution in [2.24, 2.45) is 5.92 Å². The van der Waals surface area contributed by atoms with E-state index in [1.54, 1.807) is 0 Å². The summed E-state index contributed by atoms with van der Waals surface area (Å²) in [7, 11) is -1.86. The van der Waals surface area contributed by atoms with E-state index in [-0.39, 0.29) is 11.8 Å². The number of ether oxygens (including phenoxy) is 1. The molecular weight excluding hydrogens is 235 g/mol. The van der Waals surface area contributed by atoms with E-state index in [0.717, 1.165) is 12.3 Å². The summed E-state index contributed by atoms with van der Waals surface area (Å²) in [6, 6.07) is 0. The van der Waals surface area contributed by atoms with E-state index < -0.39 is 8.03 Å². The van der Waals surface area contributed by atoms with Crippen LogP contribution in [0.3, 0.4) is 0 Å². The molecule has 0 bridgehead atoms. The Labute approximate surface area is 105 Å². The molecule has 100 valence electrons. The maximum atomic E-state index is 11.5. The Morgan fingerprint density at radius 1 is 1.24 bits per heavy atom. The standard InChI is InChI=1S/C13H25O3P/c1-10(2)17(14)15-9-12-7-8-13(16-12)11-5-3-4-6-11/h10-13,17H,3-9H2,1-2H3/t12-,13+/m0/s1. The van der Waals surface area contributed by atoms with E-state index in [4.69, 9.17) is 9.26 Å². The average Bonchev–Trinajstić information content (AvgIpc) is 2.95. The van der Waals surface area contributed by atoms with Crippen molar-refractivity contribution < 1.29 is 13.8 Å². The second kappa shape index (κ2) is 6.36. The van der Waals surface area contributed by atoms with Gasteiger partial charge in [0.1, 0.15) is 0 Å². The first-order valence-corrected chi connectivity index (χ1v) is 8.38. The van der Waals surface area contributed by atoms with Crippen molar-refractivity contribution in [3.63, 3.8) is 0 Å². The summed E-state index contributed by atoms with van der Waals surface area (Å²) < 4.78 is 23.0. The largest absolute Gasteiger partial charge is 0.372 e. The maximum absolute atomic E-state index is 11.5. The molecule has 2 fully saturated rings. The van der Waals surface area contributed by atoms with Crippen molar-refractivity contribution in [3.05, 3.63) is 0 Å². The zero-order valence-electron chi connectivity index (χ0n) is 11.0. The topological polar surface area (TPSA) is 35.5 Å². The minimum atomic E-state index is -1.86. The lowest BCUT2D eigenvalue weighted by molar-refractivity contribution is -0.00697. The fraction of sp³-hybridized carbons (Fsp3) is 1.00. The van der Waals surface area contributed by atoms with Crippen LogP contribution in [0.25, 0.3) is 0 Å². The van der Waals surface area contributed by atoms with Gasteiger partial charge in [0.2, 0.25) is 0 Å². The molecule has 1 aliphatic carbocycles. The van der Waals surface area contributed by atoms with E-state index in [9.17, 15) is 4.57 Å². The van der Waals surface area contributed by atoms with Gasteiger partial charge in [-0.2, -0.15) is 0 Å². The molecule has 0 amide bonds. The third kappa shape index (κ3) is 3.81. The molecule has 1 saturated carbocycles. The van der Waals surface area contributed by atoms with Gasteiger partial charge in [0.05, 0.1) is 18.8 Å². The molecule has 17 heavy (non-hydrogen) atoms. The van der Waals surface area contributed by atoms with E-state index in [1.165, 1.54) is 32.1 Å². The Morgan fingerprint density at radius 3 is 2.59 bits per heavy atom. The van der Waals surface area contributed by atoms with Gasteiger partial charge in [0, 0.05) is 5.66 Å². The third-order valence-corrected chi connectivity index (χ3v) is 5.34. The second-order valence-electron chi connectivity index (χ2n) is 5.70. The van der Waals surface area contributed by atoms with Crippen LogP contribution >= 0.6 is 8.03 Å². The van der Waals surface area contributed by atoms with Gasteiger partial charge in [-0.3, -0.25) is 4.57 Å². The van der Waals surface area contributed by atoms with Crippen LogP contribution in [0.4, 0.5) is 0 Å². The smallest absolute Gasteiger partial charge is 0.194 e. The summed E-state index contributed by atoms with van der Waals surface area (Å²) in [4.78, 5) is 0. The van der Waals surface area contributed by atoms with Crippen molar-refractivity contribution in [3.8, 4) is 0 Å². The Bertz CT molecular complexity index is 261. The van der Waals surface area contributed by atoms with Gasteiger partial charge >= 0.3 is 0 Å². The second-order valence-corrected chi connectivity index (χ2v) is 7.78. The minimum Gasteiger partial charge on any atom is -0.372 e. The SMILES string of the molecule is CC(C)[PH](=O)OC[C@@H]1CC[C@H](C2CCCC2)O1. The van der Waals surface area contributed by atoms with Crippen molar-refractivity contribution in [2.45, 2.75) is 70.2 Å². The van der Waals surface area contributed by atoms with E-state index in [0.29, 0.717) is 12.7 Å². The molecule has 1 heterocycles. The molecule has 3 atom stereocenters. The molecule has 0 radical (unpaired) electrons. The predicted molar refractivity (Wildman–Crippen MR) is 69.9 cm³/mol. The van der Waals surface area contributed by atoms with Gasteiger partial charge in [-0.15, -0.1) is 0 Å². The molecule has 0 aromatic rings. The summed E-state index contributed by atoms with van der Waals surface area (Å²) in [6.45, 7) is 4.41. The lowest BCUT2D eigenvalue weighted by Crippen LogP contribution is -2.21. The van der Waals surface area contributed by atoms with Crippen molar-refractivity contribution in [1.82, 2.24) is 0 Å². The molecule has 0 aromatic heterocycles. The first-order valence-electron chi connectivity index (χ1n) is 6.99. The van der Waals surface area contributed by atoms with Crippen LogP contribution in [0.1, 0.15) is 52.4 Å². The van der Waals surface area contributed by atoms with E-state index >= 15 is 0 Å². The first-order chi connectivity index (χ1) is 8.16. The summed E-state index contributed by atoms with van der Waals surface area (Å²) in [5.74, 6) is 0.780. The molecule has 0 spiro atoms. The molecule has 1 aliphatic heterocycles. The van der Waals surface area contributed by atoms with Crippen LogP contribution in [0.15, 0.2) is 0 Å². The molecule has 2 aliphatic rings. The van der Waals surface area contributed by atoms with Crippen LogP contribution in [0.5, 0.6) is 0 Å². The fourth-order valence-electron chi connectivity index (χ4n) is 2.87. The highest BCUT2D eigenvalue weighted by atomic mass is 31.1. The Kier molecular flexibility index (Phi) is 5.08. The lowest BCUT2D eigenvalue weighted by Gasteiger charge is -2.19. The maximum Gasteiger partial charge on any atom is 0.194 e. The molecular formula is C13H25O3P. The summed E-state index contributed by atoms with van der Waals surface area (Å²) in [5, 5.41) is 0. The lowest BCUT2D eigenvalue weighted by atomic mass is 9.98. The van der Waals surface area contributed by atoms with Crippen molar-refractivity contribution in [2.75, 3.05) is 6.61 Å². The molecule has 1 unspecified atom stereocenters. The van der Waals surface area contributed by atoms with Gasteiger partial charge in [-0.25, -0.2) is 0 Å². The summed E-state index contributed by atoms with van der Waals surface area (Å²) >= 11 is 0. The highest BCUT2D eigenvalue weighted by molar-refractivity contribution is 7.39. The molecule has 0 N–H and O–H groups in total. The Hall–Kier alpha value is 0.150. The van der Waals surface area contributed by atoms with Gasteiger partial charge in [0.15, 0.2) is 8.03 Å². The van der Waals surface area contributed by atoms with Crippen molar-refractivity contribution in [1.29, 1.82) is 0 Å². The Balaban J connectivity index is 1.69. The zero-order valence-corrected chi connectivity index (χ0v) is 12.0. The van der Waals surface area contributed by atoms with Gasteiger partial charge in [0.25, 0.3) is 0 Å². The molecule has 3 nitrogen and oxygen atoms in total. The number of hydrogen-bond donors (Lipinski definition) is 0. The quantitative estimate of drug-likeness (QED) is 0.708. The molecule has 4 heteroatoms. The van der Waals surface area contributed by atoms with Gasteiger partial charge in [-0.05, 0) is 31.6 Å². The van der Waals surface area contributed by atoms with E-state index in [2.05, 4.69) is 0 Å². The summed E-state index contributed by atoms with van der Waals surface area (Å²) in [5.41, 5.74) is 0.145. The van der Waals surface area contributed by atoms with Crippen LogP contribution in [-0.2, 0) is 13.8 Å². The van der Waals surface area contributed by atoms with Crippen LogP contribution in [0, 0.1) is 5.92 Å². The minimum absolute atomic E-state index is 0.145. The van der Waals surface area contributed by atoms with Gasteiger partial charge < -0.3 is 9.26 Å². The third-order valence-electron chi connectivity index (χ3n) is 3.95. The monoisotopic (exact) mass is 260 g/mol. The van der Waals surface area contributed by atoms with Crippen LogP contribution in [-0.4, -0.2) is 24.5 Å². The van der Waals surface area contributed by atoms with E-state index in [1.807, 2.05) is 13.8 Å². The summed E-state index contributed by atoms with van der Waals surface area (Å²) in [6.07, 6.45) is 8.29. The predicted octanol–water partition coefficient (Wildman–Crippen LogP) is 3.62. The number of hydrogen-bond acceptors (Lipinski definition) is 3. The zero-order chi connectivity index (χ0) is 12.3. The van der Waals surface area contributed by atoms with Crippen LogP contribution in [0.2, 0.25) is 0 Å². The van der Waals surface area contributed by atoms with Gasteiger partial charge in [-0.1, -0.05) is 26.7 Å². The molecule has 0 aromatic carbocycles. The number of rotatable bonds is 5. The average molecular weight is 260 g/mol. The molecule has 2 rings (SSSR count). The van der Waals surface area contributed by atoms with Crippen molar-refractivity contribution >= 4 is 8.03 Å².